The maximum absolute atomic E-state index is 13.2. The molecule has 49 heavy (non-hydrogen) atoms. The average Bonchev–Trinajstić information content (AvgIpc) is 3.67. The van der Waals surface area contributed by atoms with Gasteiger partial charge in [-0.25, -0.2) is 4.98 Å². The molecule has 3 aliphatic heterocycles. The van der Waals surface area contributed by atoms with Crippen molar-refractivity contribution in [2.45, 2.75) is 51.6 Å². The van der Waals surface area contributed by atoms with Crippen LogP contribution in [0.2, 0.25) is 5.02 Å². The molecule has 0 bridgehead atoms. The fourth-order valence-corrected chi connectivity index (χ4v) is 7.16. The number of hydrogen-bond acceptors (Lipinski definition) is 7. The lowest BCUT2D eigenvalue weighted by Crippen LogP contribution is -2.52. The van der Waals surface area contributed by atoms with Gasteiger partial charge in [0.15, 0.2) is 0 Å². The zero-order chi connectivity index (χ0) is 34.2. The predicted octanol–water partition coefficient (Wildman–Crippen LogP) is 4.24. The second kappa shape index (κ2) is 13.3. The third-order valence-electron chi connectivity index (χ3n) is 9.45. The fraction of sp³-hybridized carbons (Fsp3) is 0.333. The van der Waals surface area contributed by atoms with Gasteiger partial charge in [-0.1, -0.05) is 36.7 Å². The van der Waals surface area contributed by atoms with Crippen LogP contribution in [0.4, 0.5) is 5.69 Å². The van der Waals surface area contributed by atoms with Gasteiger partial charge in [0, 0.05) is 67.1 Å². The van der Waals surface area contributed by atoms with E-state index in [1.165, 1.54) is 4.90 Å². The Morgan fingerprint density at radius 3 is 2.71 bits per heavy atom. The Morgan fingerprint density at radius 1 is 1.06 bits per heavy atom. The lowest BCUT2D eigenvalue weighted by Gasteiger charge is -2.34. The number of benzene rings is 2. The van der Waals surface area contributed by atoms with Crippen molar-refractivity contribution in [3.8, 4) is 16.9 Å². The Balaban J connectivity index is 0.911. The molecule has 2 saturated heterocycles. The summed E-state index contributed by atoms with van der Waals surface area (Å²) >= 11 is 6.85. The summed E-state index contributed by atoms with van der Waals surface area (Å²) in [5.74, 6) is -0.853. The molecular formula is C36H35ClN6O6. The highest BCUT2D eigenvalue weighted by atomic mass is 35.5. The number of carbonyl (C=O) groups is 5. The monoisotopic (exact) mass is 682 g/mol. The Kier molecular flexibility index (Phi) is 8.81. The summed E-state index contributed by atoms with van der Waals surface area (Å²) in [6.07, 6.45) is 5.63. The largest absolute Gasteiger partial charge is 0.494 e. The molecule has 1 atom stereocenters. The molecule has 0 radical (unpaired) electrons. The van der Waals surface area contributed by atoms with Gasteiger partial charge in [0.2, 0.25) is 23.6 Å². The first-order valence-electron chi connectivity index (χ1n) is 16.4. The number of aryl methyl sites for hydroxylation is 1. The molecule has 2 aromatic carbocycles. The molecule has 2 N–H and O–H groups in total. The molecule has 252 valence electrons. The molecule has 0 aliphatic carbocycles. The number of nitrogens with zero attached hydrogens (tertiary/aromatic N) is 4. The number of H-pyrrole nitrogens is 1. The third-order valence-corrected chi connectivity index (χ3v) is 9.84. The predicted molar refractivity (Wildman–Crippen MR) is 182 cm³/mol. The second-order valence-corrected chi connectivity index (χ2v) is 12.8. The van der Waals surface area contributed by atoms with Crippen molar-refractivity contribution >= 4 is 57.9 Å². The molecule has 4 aromatic rings. The molecule has 2 fully saturated rings. The molecule has 5 amide bonds. The average molecular weight is 683 g/mol. The van der Waals surface area contributed by atoms with E-state index in [4.69, 9.17) is 16.3 Å². The van der Waals surface area contributed by atoms with Crippen LogP contribution in [-0.4, -0.2) is 81.6 Å². The second-order valence-electron chi connectivity index (χ2n) is 12.5. The SMILES string of the molecule is CCc1c[nH]c2ncc(-c3cccc(N4CCN(C(=O)CCCOc5ccc6c(c5)C(=O)N(C5CCC(=O)NC5=O)C6)CC4=O)c3)c(Cl)c12. The first-order valence-corrected chi connectivity index (χ1v) is 16.8. The Bertz CT molecular complexity index is 2010. The van der Waals surface area contributed by atoms with Crippen molar-refractivity contribution in [1.29, 1.82) is 0 Å². The summed E-state index contributed by atoms with van der Waals surface area (Å²) in [5, 5.41) is 3.83. The van der Waals surface area contributed by atoms with Gasteiger partial charge in [-0.05, 0) is 60.2 Å². The molecule has 1 unspecified atom stereocenters. The van der Waals surface area contributed by atoms with E-state index in [1.54, 1.807) is 34.2 Å². The maximum atomic E-state index is 13.2. The van der Waals surface area contributed by atoms with Crippen LogP contribution in [0.15, 0.2) is 54.9 Å². The Labute approximate surface area is 287 Å². The highest BCUT2D eigenvalue weighted by Crippen LogP contribution is 2.36. The van der Waals surface area contributed by atoms with Crippen molar-refractivity contribution in [1.82, 2.24) is 25.1 Å². The molecule has 0 saturated carbocycles. The molecule has 2 aromatic heterocycles. The van der Waals surface area contributed by atoms with Crippen LogP contribution in [0.5, 0.6) is 5.75 Å². The zero-order valence-electron chi connectivity index (χ0n) is 27.0. The summed E-state index contributed by atoms with van der Waals surface area (Å²) in [7, 11) is 0. The maximum Gasteiger partial charge on any atom is 0.255 e. The molecule has 13 heteroatoms. The molecule has 5 heterocycles. The number of aromatic nitrogens is 2. The number of rotatable bonds is 9. The van der Waals surface area contributed by atoms with Crippen LogP contribution in [0, 0.1) is 0 Å². The minimum atomic E-state index is -0.677. The van der Waals surface area contributed by atoms with Gasteiger partial charge in [-0.2, -0.15) is 0 Å². The van der Waals surface area contributed by atoms with Crippen LogP contribution in [-0.2, 0) is 32.1 Å². The van der Waals surface area contributed by atoms with Gasteiger partial charge >= 0.3 is 0 Å². The van der Waals surface area contributed by atoms with Gasteiger partial charge in [0.05, 0.1) is 11.6 Å². The van der Waals surface area contributed by atoms with Gasteiger partial charge in [-0.3, -0.25) is 29.3 Å². The number of halogens is 1. The normalized spacial score (nSPS) is 17.9. The van der Waals surface area contributed by atoms with E-state index in [0.717, 1.165) is 45.4 Å². The number of carbonyl (C=O) groups excluding carboxylic acids is 5. The molecule has 0 spiro atoms. The molecule has 3 aliphatic rings. The first kappa shape index (κ1) is 32.3. The number of amides is 5. The number of fused-ring (bicyclic) bond motifs is 2. The van der Waals surface area contributed by atoms with Crippen LogP contribution >= 0.6 is 11.6 Å². The van der Waals surface area contributed by atoms with Crippen LogP contribution < -0.4 is 15.0 Å². The van der Waals surface area contributed by atoms with Crippen molar-refractivity contribution in [2.75, 3.05) is 31.1 Å². The van der Waals surface area contributed by atoms with Crippen molar-refractivity contribution in [3.63, 3.8) is 0 Å². The number of imide groups is 1. The topological polar surface area (TPSA) is 145 Å². The standard InChI is InChI=1S/C36H35ClN6O6/c1-2-21-17-38-34-32(21)33(37)27(18-39-34)22-5-3-6-24(15-22)42-13-12-41(20-31(42)46)30(45)7-4-14-49-25-9-8-23-19-43(36(48)26(23)16-25)28-10-11-29(44)40-35(28)47/h3,5-6,8-9,15-18,28H,2,4,7,10-14,19-20H2,1H3,(H,38,39)(H,40,44,47). The van der Waals surface area contributed by atoms with Crippen LogP contribution in [0.1, 0.15) is 54.1 Å². The minimum Gasteiger partial charge on any atom is -0.494 e. The van der Waals surface area contributed by atoms with E-state index < -0.39 is 11.9 Å². The van der Waals surface area contributed by atoms with E-state index in [1.807, 2.05) is 30.5 Å². The number of pyridine rings is 1. The Hall–Kier alpha value is -5.23. The van der Waals surface area contributed by atoms with Crippen molar-refractivity contribution in [3.05, 3.63) is 76.6 Å². The number of aromatic amines is 1. The molecule has 7 rings (SSSR count). The number of piperazine rings is 1. The lowest BCUT2D eigenvalue weighted by atomic mass is 10.0. The van der Waals surface area contributed by atoms with Gasteiger partial charge in [0.25, 0.3) is 5.91 Å². The van der Waals surface area contributed by atoms with Gasteiger partial charge < -0.3 is 24.4 Å². The fourth-order valence-electron chi connectivity index (χ4n) is 6.79. The van der Waals surface area contributed by atoms with Gasteiger partial charge in [0.1, 0.15) is 24.0 Å². The number of hydrogen-bond donors (Lipinski definition) is 2. The van der Waals surface area contributed by atoms with E-state index >= 15 is 0 Å². The highest BCUT2D eigenvalue weighted by Gasteiger charge is 2.39. The third kappa shape index (κ3) is 6.24. The number of piperidine rings is 1. The number of nitrogens with one attached hydrogen (secondary N) is 2. The zero-order valence-corrected chi connectivity index (χ0v) is 27.7. The highest BCUT2D eigenvalue weighted by molar-refractivity contribution is 6.38. The van der Waals surface area contributed by atoms with Gasteiger partial charge in [-0.15, -0.1) is 0 Å². The molecular weight excluding hydrogens is 648 g/mol. The van der Waals surface area contributed by atoms with Crippen molar-refractivity contribution < 1.29 is 28.7 Å². The van der Waals surface area contributed by atoms with Crippen LogP contribution in [0.25, 0.3) is 22.2 Å². The van der Waals surface area contributed by atoms with E-state index in [2.05, 4.69) is 22.2 Å². The smallest absolute Gasteiger partial charge is 0.255 e. The number of anilines is 1. The minimum absolute atomic E-state index is 0.0159. The summed E-state index contributed by atoms with van der Waals surface area (Å²) in [4.78, 5) is 75.6. The lowest BCUT2D eigenvalue weighted by molar-refractivity contribution is -0.137. The quantitative estimate of drug-likeness (QED) is 0.198. The van der Waals surface area contributed by atoms with Crippen LogP contribution in [0.3, 0.4) is 0 Å². The van der Waals surface area contributed by atoms with E-state index in [-0.39, 0.29) is 49.6 Å². The molecule has 12 nitrogen and oxygen atoms in total. The summed E-state index contributed by atoms with van der Waals surface area (Å²) < 4.78 is 5.86. The number of ether oxygens (including phenoxy) is 1. The van der Waals surface area contributed by atoms with E-state index in [0.29, 0.717) is 48.8 Å². The van der Waals surface area contributed by atoms with Crippen molar-refractivity contribution in [2.24, 2.45) is 0 Å². The summed E-state index contributed by atoms with van der Waals surface area (Å²) in [5.41, 5.74) is 5.46. The Morgan fingerprint density at radius 2 is 1.92 bits per heavy atom. The summed E-state index contributed by atoms with van der Waals surface area (Å²) in [6, 6.07) is 12.2. The summed E-state index contributed by atoms with van der Waals surface area (Å²) in [6.45, 7) is 3.37. The first-order chi connectivity index (χ1) is 23.7. The van der Waals surface area contributed by atoms with E-state index in [9.17, 15) is 24.0 Å².